The number of hydrogen-bond acceptors (Lipinski definition) is 18. The van der Waals surface area contributed by atoms with Crippen molar-refractivity contribution in [2.45, 2.75) is 74.8 Å². The summed E-state index contributed by atoms with van der Waals surface area (Å²) in [6.45, 7) is -8.60. The Labute approximate surface area is 299 Å². The fourth-order valence-corrected chi connectivity index (χ4v) is 9.77. The molecule has 0 spiro atoms. The molecule has 10 atom stereocenters. The molecule has 9 N–H and O–H groups in total. The van der Waals surface area contributed by atoms with Gasteiger partial charge in [0.05, 0.1) is 25.2 Å². The normalized spacial score (nSPS) is 35.9. The molecule has 3 aliphatic heterocycles. The second kappa shape index (κ2) is 13.8. The van der Waals surface area contributed by atoms with Crippen molar-refractivity contribution in [3.05, 3.63) is 30.1 Å². The van der Waals surface area contributed by atoms with Crippen molar-refractivity contribution in [3.63, 3.8) is 0 Å². The summed E-state index contributed by atoms with van der Waals surface area (Å²) in [6, 6.07) is 0. The summed E-state index contributed by atoms with van der Waals surface area (Å²) in [4.78, 5) is 44.5. The number of rotatable bonds is 5. The van der Waals surface area contributed by atoms with E-state index in [0.717, 1.165) is 42.3 Å². The monoisotopic (exact) mass is 786 g/mol. The van der Waals surface area contributed by atoms with Crippen LogP contribution in [0.3, 0.4) is 0 Å². The van der Waals surface area contributed by atoms with E-state index in [2.05, 4.69) is 30.2 Å². The van der Waals surface area contributed by atoms with E-state index in [9.17, 15) is 20.0 Å². The summed E-state index contributed by atoms with van der Waals surface area (Å²) in [5, 5.41) is 26.9. The van der Waals surface area contributed by atoms with Gasteiger partial charge in [-0.05, 0) is 54.9 Å². The van der Waals surface area contributed by atoms with Crippen LogP contribution in [0.15, 0.2) is 18.9 Å². The molecule has 2 unspecified atom stereocenters. The number of nitrogens with zero attached hydrogens (tertiary/aromatic N) is 7. The van der Waals surface area contributed by atoms with Crippen molar-refractivity contribution in [1.82, 2.24) is 34.1 Å². The Bertz CT molecular complexity index is 2060. The predicted octanol–water partition coefficient (Wildman–Crippen LogP) is -0.130. The lowest BCUT2D eigenvalue weighted by Gasteiger charge is -2.28. The largest absolute Gasteiger partial charge is 0.387 e. The van der Waals surface area contributed by atoms with Gasteiger partial charge in [-0.25, -0.2) is 15.0 Å². The highest BCUT2D eigenvalue weighted by Crippen LogP contribution is 2.54. The average molecular weight is 787 g/mol. The molecule has 8 rings (SSSR count). The minimum Gasteiger partial charge on any atom is -0.387 e. The van der Waals surface area contributed by atoms with Crippen LogP contribution in [0, 0.1) is 0 Å². The molecular formula is C27H36N10O10P2S2. The van der Waals surface area contributed by atoms with Gasteiger partial charge in [0.2, 0.25) is 5.95 Å². The third-order valence-corrected chi connectivity index (χ3v) is 12.4. The van der Waals surface area contributed by atoms with Crippen LogP contribution in [0.25, 0.3) is 22.2 Å². The Morgan fingerprint density at radius 2 is 1.61 bits per heavy atom. The zero-order valence-corrected chi connectivity index (χ0v) is 30.2. The number of imidazole rings is 1. The van der Waals surface area contributed by atoms with Gasteiger partial charge in [-0.15, -0.1) is 0 Å². The van der Waals surface area contributed by atoms with Crippen molar-refractivity contribution in [2.75, 3.05) is 37.4 Å². The zero-order chi connectivity index (χ0) is 35.7. The number of nitrogens with two attached hydrogens (primary N) is 2. The van der Waals surface area contributed by atoms with Crippen molar-refractivity contribution in [2.24, 2.45) is 5.73 Å². The molecule has 0 amide bonds. The SMILES string of the molecule is NCCNc1nc(N)c2ncn([C@@H]3O[C@@H]4COP(O)(=S)O[C@H]5[C@@H](O)[C@H](n6cc7c8c(ncnc86)CCCC7)O[C@@H]5COP(O)(=S)O[C@@H]3[C@@H]4O)c2n1. The zero-order valence-electron chi connectivity index (χ0n) is 26.7. The molecule has 3 saturated heterocycles. The van der Waals surface area contributed by atoms with E-state index in [1.807, 2.05) is 6.20 Å². The standard InChI is InChI=1S/C27H36N10O10P2S2/c28-5-6-30-27-34-22(29)17-24(35-27)37(11-33-17)26-21-18(38)14(44-26)8-42-48(40,50)46-20-15(9-43-49(41,51)47-21)45-25(19(20)39)36-7-12-3-1-2-4-13-16(12)23(36)32-10-31-13/h7,10-11,14-15,18-21,25-26,38-39H,1-6,8-9,28H2,(H,40,50)(H,41,51)(H3,29,30,34,35)/t14-,15-,18-,19-,20-,21-,25-,26-,48?,49?/m1/s1. The van der Waals surface area contributed by atoms with Crippen molar-refractivity contribution in [3.8, 4) is 0 Å². The highest BCUT2D eigenvalue weighted by Gasteiger charge is 2.52. The van der Waals surface area contributed by atoms with Crippen LogP contribution < -0.4 is 16.8 Å². The number of hydrogen-bond donors (Lipinski definition) is 7. The minimum absolute atomic E-state index is 0.0666. The molecule has 276 valence electrons. The van der Waals surface area contributed by atoms with E-state index in [0.29, 0.717) is 18.7 Å². The molecule has 3 fully saturated rings. The van der Waals surface area contributed by atoms with Gasteiger partial charge >= 0.3 is 13.4 Å². The summed E-state index contributed by atoms with van der Waals surface area (Å²) in [6.07, 6.45) is -1.86. The number of nitrogen functional groups attached to an aromatic ring is 1. The molecule has 4 aromatic heterocycles. The lowest BCUT2D eigenvalue weighted by atomic mass is 10.1. The molecule has 51 heavy (non-hydrogen) atoms. The van der Waals surface area contributed by atoms with Crippen LogP contribution in [0.2, 0.25) is 0 Å². The van der Waals surface area contributed by atoms with Crippen molar-refractivity contribution < 1.29 is 47.6 Å². The number of nitrogens with one attached hydrogen (secondary N) is 1. The third-order valence-electron chi connectivity index (χ3n) is 9.24. The molecule has 20 nitrogen and oxygen atoms in total. The second-order valence-electron chi connectivity index (χ2n) is 12.5. The first kappa shape index (κ1) is 35.6. The van der Waals surface area contributed by atoms with E-state index in [1.54, 1.807) is 4.57 Å². The number of anilines is 2. The topological polar surface area (TPSA) is 275 Å². The maximum atomic E-state index is 11.6. The van der Waals surface area contributed by atoms with Gasteiger partial charge in [0.1, 0.15) is 54.1 Å². The summed E-state index contributed by atoms with van der Waals surface area (Å²) in [5.74, 6) is 0.239. The van der Waals surface area contributed by atoms with Crippen LogP contribution in [0.5, 0.6) is 0 Å². The van der Waals surface area contributed by atoms with Gasteiger partial charge < -0.3 is 59.9 Å². The number of aromatic nitrogens is 7. The van der Waals surface area contributed by atoms with Crippen LogP contribution in [0.1, 0.15) is 36.6 Å². The molecule has 4 aromatic rings. The highest BCUT2D eigenvalue weighted by atomic mass is 32.5. The molecule has 2 bridgehead atoms. The molecule has 1 aliphatic carbocycles. The Morgan fingerprint density at radius 3 is 2.39 bits per heavy atom. The van der Waals surface area contributed by atoms with E-state index in [4.69, 9.17) is 62.6 Å². The van der Waals surface area contributed by atoms with Crippen molar-refractivity contribution in [1.29, 1.82) is 0 Å². The summed E-state index contributed by atoms with van der Waals surface area (Å²) >= 11 is 10.8. The number of aliphatic hydroxyl groups is 2. The molecule has 4 aliphatic rings. The molecule has 0 saturated carbocycles. The third kappa shape index (κ3) is 6.70. The fourth-order valence-electron chi connectivity index (χ4n) is 6.91. The van der Waals surface area contributed by atoms with Crippen LogP contribution in [0.4, 0.5) is 11.8 Å². The van der Waals surface area contributed by atoms with Crippen LogP contribution in [-0.2, 0) is 64.0 Å². The molecule has 7 heterocycles. The average Bonchev–Trinajstić information content (AvgIpc) is 3.79. The van der Waals surface area contributed by atoms with Crippen LogP contribution in [-0.4, -0.2) is 117 Å². The minimum atomic E-state index is -4.19. The second-order valence-corrected chi connectivity index (χ2v) is 18.1. The maximum Gasteiger partial charge on any atom is 0.325 e. The van der Waals surface area contributed by atoms with Crippen molar-refractivity contribution >= 4 is 71.0 Å². The number of aliphatic hydroxyl groups excluding tert-OH is 2. The lowest BCUT2D eigenvalue weighted by molar-refractivity contribution is -0.0606. The van der Waals surface area contributed by atoms with Gasteiger partial charge in [0, 0.05) is 24.7 Å². The van der Waals surface area contributed by atoms with Gasteiger partial charge in [-0.2, -0.15) is 9.97 Å². The van der Waals surface area contributed by atoms with E-state index in [-0.39, 0.29) is 22.9 Å². The summed E-state index contributed by atoms with van der Waals surface area (Å²) in [5.41, 5.74) is 14.7. The first-order chi connectivity index (χ1) is 24.4. The number of fused-ring (bicyclic) bond motifs is 4. The van der Waals surface area contributed by atoms with Gasteiger partial charge in [0.15, 0.2) is 23.9 Å². The fraction of sp³-hybridized carbons (Fsp3) is 0.593. The quantitative estimate of drug-likeness (QED) is 0.130. The maximum absolute atomic E-state index is 11.6. The Morgan fingerprint density at radius 1 is 0.882 bits per heavy atom. The molecule has 0 aromatic carbocycles. The molecular weight excluding hydrogens is 750 g/mol. The number of aryl methyl sites for hydroxylation is 2. The van der Waals surface area contributed by atoms with Gasteiger partial charge in [-0.3, -0.25) is 13.6 Å². The van der Waals surface area contributed by atoms with Crippen LogP contribution >= 0.6 is 13.4 Å². The molecule has 24 heteroatoms. The van der Waals surface area contributed by atoms with E-state index < -0.39 is 75.7 Å². The summed E-state index contributed by atoms with van der Waals surface area (Å²) < 4.78 is 38.8. The Kier molecular flexibility index (Phi) is 9.65. The first-order valence-electron chi connectivity index (χ1n) is 16.2. The van der Waals surface area contributed by atoms with Gasteiger partial charge in [0.25, 0.3) is 0 Å². The predicted molar refractivity (Wildman–Crippen MR) is 186 cm³/mol. The smallest absolute Gasteiger partial charge is 0.325 e. The Hall–Kier alpha value is -2.37. The number of ether oxygens (including phenoxy) is 2. The van der Waals surface area contributed by atoms with Gasteiger partial charge in [-0.1, -0.05) is 0 Å². The summed E-state index contributed by atoms with van der Waals surface area (Å²) in [7, 11) is 0. The molecule has 0 radical (unpaired) electrons. The Balaban J connectivity index is 1.10. The lowest BCUT2D eigenvalue weighted by Crippen LogP contribution is -2.36. The van der Waals surface area contributed by atoms with E-state index in [1.165, 1.54) is 17.2 Å². The first-order valence-corrected chi connectivity index (χ1v) is 21.4. The van der Waals surface area contributed by atoms with E-state index >= 15 is 0 Å². The highest BCUT2D eigenvalue weighted by molar-refractivity contribution is 8.07.